The molecule has 0 spiro atoms. The number of carbonyl (C=O) groups is 2. The number of sulfonamides is 1. The predicted octanol–water partition coefficient (Wildman–Crippen LogP) is 0.362. The van der Waals surface area contributed by atoms with Gasteiger partial charge in [0.15, 0.2) is 5.75 Å². The quantitative estimate of drug-likeness (QED) is 0.729. The lowest BCUT2D eigenvalue weighted by Crippen LogP contribution is -2.34. The summed E-state index contributed by atoms with van der Waals surface area (Å²) in [4.78, 5) is 22.1. The van der Waals surface area contributed by atoms with Gasteiger partial charge in [-0.05, 0) is 18.1 Å². The van der Waals surface area contributed by atoms with Gasteiger partial charge < -0.3 is 9.84 Å². The van der Waals surface area contributed by atoms with Gasteiger partial charge in [-0.1, -0.05) is 18.2 Å². The molecular formula is C13H17NO6S. The second kappa shape index (κ2) is 7.19. The molecule has 0 atom stereocenters. The molecule has 21 heavy (non-hydrogen) atoms. The molecule has 7 nitrogen and oxygen atoms in total. The second-order valence-corrected chi connectivity index (χ2v) is 6.44. The fourth-order valence-electron chi connectivity index (χ4n) is 1.68. The molecular weight excluding hydrogens is 298 g/mol. The smallest absolute Gasteiger partial charge is 0.335 e. The van der Waals surface area contributed by atoms with Crippen molar-refractivity contribution in [1.29, 1.82) is 0 Å². The number of methoxy groups -OCH3 is 1. The fraction of sp³-hybridized carbons (Fsp3) is 0.385. The average Bonchev–Trinajstić information content (AvgIpc) is 2.44. The monoisotopic (exact) mass is 315 g/mol. The highest BCUT2D eigenvalue weighted by molar-refractivity contribution is 7.89. The van der Waals surface area contributed by atoms with Gasteiger partial charge in [-0.25, -0.2) is 17.5 Å². The van der Waals surface area contributed by atoms with Crippen molar-refractivity contribution < 1.29 is 27.9 Å². The van der Waals surface area contributed by atoms with Crippen molar-refractivity contribution in [2.75, 3.05) is 26.5 Å². The van der Waals surface area contributed by atoms with Crippen LogP contribution in [-0.4, -0.2) is 56.2 Å². The first-order chi connectivity index (χ1) is 9.77. The van der Waals surface area contributed by atoms with E-state index in [0.717, 1.165) is 11.4 Å². The van der Waals surface area contributed by atoms with E-state index < -0.39 is 27.7 Å². The zero-order valence-corrected chi connectivity index (χ0v) is 12.6. The number of hydrogen-bond donors (Lipinski definition) is 1. The third kappa shape index (κ3) is 4.83. The molecule has 0 heterocycles. The van der Waals surface area contributed by atoms with Crippen LogP contribution in [0.25, 0.3) is 0 Å². The highest BCUT2D eigenvalue weighted by atomic mass is 32.2. The summed E-state index contributed by atoms with van der Waals surface area (Å²) in [7, 11) is -1.32. The van der Waals surface area contributed by atoms with Crippen LogP contribution < -0.4 is 0 Å². The highest BCUT2D eigenvalue weighted by Crippen LogP contribution is 2.11. The van der Waals surface area contributed by atoms with E-state index in [9.17, 15) is 18.0 Å². The van der Waals surface area contributed by atoms with Crippen LogP contribution in [-0.2, 0) is 26.0 Å². The maximum atomic E-state index is 11.8. The molecule has 1 aromatic rings. The summed E-state index contributed by atoms with van der Waals surface area (Å²) in [5, 5.41) is 9.05. The Morgan fingerprint density at radius 1 is 1.29 bits per heavy atom. The summed E-state index contributed by atoms with van der Waals surface area (Å²) < 4.78 is 29.0. The summed E-state index contributed by atoms with van der Waals surface area (Å²) >= 11 is 0. The summed E-state index contributed by atoms with van der Waals surface area (Å²) in [6.07, 6.45) is 0.235. The summed E-state index contributed by atoms with van der Waals surface area (Å²) in [6, 6.07) is 6.38. The Balaban J connectivity index is 2.75. The number of hydrogen-bond acceptors (Lipinski definition) is 5. The van der Waals surface area contributed by atoms with E-state index in [-0.39, 0.29) is 18.5 Å². The maximum Gasteiger partial charge on any atom is 0.335 e. The Bertz CT molecular complexity index is 625. The van der Waals surface area contributed by atoms with Gasteiger partial charge in [-0.3, -0.25) is 4.79 Å². The first kappa shape index (κ1) is 17.1. The zero-order valence-electron chi connectivity index (χ0n) is 11.8. The molecule has 0 radical (unpaired) electrons. The minimum absolute atomic E-state index is 0.0730. The number of esters is 1. The largest absolute Gasteiger partial charge is 0.478 e. The van der Waals surface area contributed by atoms with Gasteiger partial charge in [0.1, 0.15) is 0 Å². The molecule has 0 aromatic heterocycles. The van der Waals surface area contributed by atoms with Crippen molar-refractivity contribution >= 4 is 22.0 Å². The Hall–Kier alpha value is -1.93. The molecule has 0 saturated carbocycles. The van der Waals surface area contributed by atoms with Crippen molar-refractivity contribution in [3.8, 4) is 0 Å². The first-order valence-corrected chi connectivity index (χ1v) is 7.71. The Kier molecular flexibility index (Phi) is 5.86. The van der Waals surface area contributed by atoms with Crippen molar-refractivity contribution in [1.82, 2.24) is 4.31 Å². The molecule has 0 fully saturated rings. The minimum atomic E-state index is -3.76. The van der Waals surface area contributed by atoms with Crippen LogP contribution in [0.2, 0.25) is 0 Å². The molecule has 0 aliphatic heterocycles. The number of carboxylic acid groups (broad SMARTS) is 1. The zero-order chi connectivity index (χ0) is 16.0. The average molecular weight is 315 g/mol. The molecule has 0 unspecified atom stereocenters. The number of ether oxygens (including phenoxy) is 1. The Labute approximate surface area is 123 Å². The molecule has 116 valence electrons. The van der Waals surface area contributed by atoms with Gasteiger partial charge in [0.2, 0.25) is 10.0 Å². The number of rotatable bonds is 7. The van der Waals surface area contributed by atoms with Crippen LogP contribution in [0.15, 0.2) is 24.3 Å². The van der Waals surface area contributed by atoms with E-state index in [1.165, 1.54) is 13.1 Å². The Morgan fingerprint density at radius 3 is 2.48 bits per heavy atom. The van der Waals surface area contributed by atoms with Crippen LogP contribution >= 0.6 is 0 Å². The number of nitrogens with zero attached hydrogens (tertiary/aromatic N) is 1. The fourth-order valence-corrected chi connectivity index (χ4v) is 2.69. The summed E-state index contributed by atoms with van der Waals surface area (Å²) in [6.45, 7) is 0.0730. The molecule has 1 rings (SSSR count). The number of benzene rings is 1. The SMILES string of the molecule is COC(=O)CS(=O)(=O)N(C)CCc1ccccc1C(=O)O. The van der Waals surface area contributed by atoms with Gasteiger partial charge in [0.25, 0.3) is 0 Å². The third-order valence-electron chi connectivity index (χ3n) is 2.95. The molecule has 0 amide bonds. The minimum Gasteiger partial charge on any atom is -0.478 e. The van der Waals surface area contributed by atoms with Gasteiger partial charge in [0, 0.05) is 13.6 Å². The number of carbonyl (C=O) groups excluding carboxylic acids is 1. The normalized spacial score (nSPS) is 11.4. The van der Waals surface area contributed by atoms with Crippen LogP contribution in [0.4, 0.5) is 0 Å². The van der Waals surface area contributed by atoms with Crippen molar-refractivity contribution in [2.24, 2.45) is 0 Å². The van der Waals surface area contributed by atoms with E-state index in [1.807, 2.05) is 0 Å². The Morgan fingerprint density at radius 2 is 1.90 bits per heavy atom. The lowest BCUT2D eigenvalue weighted by molar-refractivity contribution is -0.137. The van der Waals surface area contributed by atoms with E-state index >= 15 is 0 Å². The number of likely N-dealkylation sites (N-methyl/N-ethyl adjacent to an activating group) is 1. The van der Waals surface area contributed by atoms with Gasteiger partial charge in [-0.15, -0.1) is 0 Å². The highest BCUT2D eigenvalue weighted by Gasteiger charge is 2.22. The molecule has 0 aliphatic carbocycles. The van der Waals surface area contributed by atoms with Gasteiger partial charge in [-0.2, -0.15) is 0 Å². The van der Waals surface area contributed by atoms with E-state index in [0.29, 0.717) is 5.56 Å². The van der Waals surface area contributed by atoms with E-state index in [1.54, 1.807) is 18.2 Å². The van der Waals surface area contributed by atoms with E-state index in [2.05, 4.69) is 4.74 Å². The molecule has 8 heteroatoms. The van der Waals surface area contributed by atoms with Crippen molar-refractivity contribution in [3.05, 3.63) is 35.4 Å². The van der Waals surface area contributed by atoms with Crippen molar-refractivity contribution in [2.45, 2.75) is 6.42 Å². The predicted molar refractivity (Wildman–Crippen MR) is 75.5 cm³/mol. The molecule has 1 aromatic carbocycles. The lowest BCUT2D eigenvalue weighted by Gasteiger charge is -2.16. The van der Waals surface area contributed by atoms with Crippen LogP contribution in [0.1, 0.15) is 15.9 Å². The topological polar surface area (TPSA) is 101 Å². The van der Waals surface area contributed by atoms with Crippen LogP contribution in [0.3, 0.4) is 0 Å². The molecule has 1 N–H and O–H groups in total. The van der Waals surface area contributed by atoms with Crippen molar-refractivity contribution in [3.63, 3.8) is 0 Å². The second-order valence-electron chi connectivity index (χ2n) is 4.37. The summed E-state index contributed by atoms with van der Waals surface area (Å²) in [5.74, 6) is -2.64. The standard InChI is InChI=1S/C13H17NO6S/c1-14(21(18,19)9-12(15)20-2)8-7-10-5-3-4-6-11(10)13(16)17/h3-6H,7-9H2,1-2H3,(H,16,17). The summed E-state index contributed by atoms with van der Waals surface area (Å²) in [5.41, 5.74) is 0.668. The number of aromatic carboxylic acids is 1. The van der Waals surface area contributed by atoms with Gasteiger partial charge in [0.05, 0.1) is 12.7 Å². The number of carboxylic acids is 1. The van der Waals surface area contributed by atoms with Gasteiger partial charge >= 0.3 is 11.9 Å². The van der Waals surface area contributed by atoms with E-state index in [4.69, 9.17) is 5.11 Å². The lowest BCUT2D eigenvalue weighted by atomic mass is 10.1. The molecule has 0 bridgehead atoms. The molecule has 0 aliphatic rings. The first-order valence-electron chi connectivity index (χ1n) is 6.10. The van der Waals surface area contributed by atoms with Crippen LogP contribution in [0.5, 0.6) is 0 Å². The van der Waals surface area contributed by atoms with Crippen LogP contribution in [0, 0.1) is 0 Å². The maximum absolute atomic E-state index is 11.8. The molecule has 0 saturated heterocycles. The third-order valence-corrected chi connectivity index (χ3v) is 4.68.